The van der Waals surface area contributed by atoms with Crippen LogP contribution in [0, 0.1) is 0 Å². The van der Waals surface area contributed by atoms with E-state index in [1.807, 2.05) is 30.3 Å². The number of halogens is 1. The topological polar surface area (TPSA) is 46.9 Å². The Kier molecular flexibility index (Phi) is 5.53. The molecule has 1 heterocycles. The Morgan fingerprint density at radius 2 is 2.00 bits per heavy atom. The summed E-state index contributed by atoms with van der Waals surface area (Å²) in [5.74, 6) is 0. The molecule has 0 aliphatic heterocycles. The second-order valence-electron chi connectivity index (χ2n) is 5.64. The van der Waals surface area contributed by atoms with Crippen LogP contribution >= 0.6 is 23.4 Å². The molecule has 4 nitrogen and oxygen atoms in total. The van der Waals surface area contributed by atoms with Gasteiger partial charge in [0.2, 0.25) is 0 Å². The lowest BCUT2D eigenvalue weighted by Crippen LogP contribution is -2.29. The van der Waals surface area contributed by atoms with Crippen molar-refractivity contribution in [2.24, 2.45) is 0 Å². The van der Waals surface area contributed by atoms with Crippen LogP contribution in [-0.4, -0.2) is 27.3 Å². The Balaban J connectivity index is 2.17. The Morgan fingerprint density at radius 3 is 2.64 bits per heavy atom. The molecule has 0 unspecified atom stereocenters. The zero-order chi connectivity index (χ0) is 16.2. The van der Waals surface area contributed by atoms with Crippen LogP contribution in [0.15, 0.2) is 41.3 Å². The maximum absolute atomic E-state index is 12.3. The Bertz CT molecular complexity index is 686. The number of nitrogens with one attached hydrogen (secondary N) is 1. The lowest BCUT2D eigenvalue weighted by Gasteiger charge is -2.23. The van der Waals surface area contributed by atoms with Gasteiger partial charge in [0.05, 0.1) is 18.4 Å². The van der Waals surface area contributed by atoms with E-state index in [1.54, 1.807) is 18.0 Å². The van der Waals surface area contributed by atoms with Crippen LogP contribution in [0.4, 0.5) is 5.69 Å². The number of hydrogen-bond acceptors (Lipinski definition) is 4. The molecular formula is C16H20ClN3OS. The molecule has 118 valence electrons. The van der Waals surface area contributed by atoms with Crippen molar-refractivity contribution in [1.82, 2.24) is 9.78 Å². The molecule has 0 saturated heterocycles. The zero-order valence-corrected chi connectivity index (χ0v) is 14.5. The number of hydrogen-bond donors (Lipinski definition) is 1. The minimum absolute atomic E-state index is 0.0578. The van der Waals surface area contributed by atoms with Crippen LogP contribution < -0.4 is 10.9 Å². The molecule has 0 atom stereocenters. The van der Waals surface area contributed by atoms with Gasteiger partial charge in [-0.05, 0) is 25.7 Å². The van der Waals surface area contributed by atoms with Crippen molar-refractivity contribution < 1.29 is 0 Å². The fraction of sp³-hybridized carbons (Fsp3) is 0.375. The number of benzene rings is 1. The van der Waals surface area contributed by atoms with E-state index in [0.717, 1.165) is 5.56 Å². The van der Waals surface area contributed by atoms with Crippen LogP contribution in [0.25, 0.3) is 0 Å². The van der Waals surface area contributed by atoms with E-state index < -0.39 is 0 Å². The fourth-order valence-corrected chi connectivity index (χ4v) is 2.27. The van der Waals surface area contributed by atoms with Crippen LogP contribution in [-0.2, 0) is 6.54 Å². The molecule has 2 rings (SSSR count). The van der Waals surface area contributed by atoms with E-state index >= 15 is 0 Å². The minimum atomic E-state index is -0.280. The molecule has 1 aromatic heterocycles. The molecule has 0 amide bonds. The third-order valence-electron chi connectivity index (χ3n) is 3.42. The molecule has 22 heavy (non-hydrogen) atoms. The molecule has 2 aromatic rings. The van der Waals surface area contributed by atoms with Gasteiger partial charge >= 0.3 is 0 Å². The molecule has 0 saturated carbocycles. The molecular weight excluding hydrogens is 318 g/mol. The highest BCUT2D eigenvalue weighted by molar-refractivity contribution is 7.99. The highest BCUT2D eigenvalue weighted by Crippen LogP contribution is 2.23. The maximum atomic E-state index is 12.3. The average molecular weight is 338 g/mol. The Hall–Kier alpha value is -1.46. The number of nitrogens with zero attached hydrogens (tertiary/aromatic N) is 2. The van der Waals surface area contributed by atoms with E-state index in [-0.39, 0.29) is 15.3 Å². The average Bonchev–Trinajstić information content (AvgIpc) is 2.52. The first-order chi connectivity index (χ1) is 10.4. The molecule has 0 aliphatic carbocycles. The van der Waals surface area contributed by atoms with E-state index in [4.69, 9.17) is 11.6 Å². The van der Waals surface area contributed by atoms with Crippen molar-refractivity contribution >= 4 is 29.1 Å². The van der Waals surface area contributed by atoms with Gasteiger partial charge in [0, 0.05) is 11.3 Å². The predicted octanol–water partition coefficient (Wildman–Crippen LogP) is 3.50. The van der Waals surface area contributed by atoms with Crippen molar-refractivity contribution in [3.63, 3.8) is 0 Å². The van der Waals surface area contributed by atoms with Crippen LogP contribution in [0.5, 0.6) is 0 Å². The quantitative estimate of drug-likeness (QED) is 0.876. The van der Waals surface area contributed by atoms with Gasteiger partial charge in [-0.1, -0.05) is 41.9 Å². The SMILES string of the molecule is CSC(C)(C)CNc1cnn(Cc2ccccc2)c(=O)c1Cl. The monoisotopic (exact) mass is 337 g/mol. The standard InChI is InChI=1S/C16H20ClN3OS/c1-16(2,22-3)11-18-13-9-19-20(15(21)14(13)17)10-12-7-5-4-6-8-12/h4-9,18H,10-11H2,1-3H3. The minimum Gasteiger partial charge on any atom is -0.381 e. The lowest BCUT2D eigenvalue weighted by molar-refractivity contribution is 0.639. The predicted molar refractivity (Wildman–Crippen MR) is 95.1 cm³/mol. The van der Waals surface area contributed by atoms with Crippen molar-refractivity contribution in [3.05, 3.63) is 57.5 Å². The molecule has 0 fully saturated rings. The van der Waals surface area contributed by atoms with Crippen molar-refractivity contribution in [2.45, 2.75) is 25.1 Å². The van der Waals surface area contributed by atoms with Gasteiger partial charge in [-0.2, -0.15) is 16.9 Å². The van der Waals surface area contributed by atoms with Gasteiger partial charge in [-0.25, -0.2) is 4.68 Å². The van der Waals surface area contributed by atoms with Gasteiger partial charge < -0.3 is 5.32 Å². The summed E-state index contributed by atoms with van der Waals surface area (Å²) in [5, 5.41) is 7.60. The summed E-state index contributed by atoms with van der Waals surface area (Å²) in [4.78, 5) is 12.3. The first kappa shape index (κ1) is 16.9. The zero-order valence-electron chi connectivity index (χ0n) is 13.0. The molecule has 0 radical (unpaired) electrons. The van der Waals surface area contributed by atoms with E-state index in [9.17, 15) is 4.79 Å². The molecule has 1 N–H and O–H groups in total. The van der Waals surface area contributed by atoms with Gasteiger partial charge in [0.25, 0.3) is 5.56 Å². The summed E-state index contributed by atoms with van der Waals surface area (Å²) in [6.45, 7) is 5.37. The second-order valence-corrected chi connectivity index (χ2v) is 7.53. The smallest absolute Gasteiger partial charge is 0.287 e. The highest BCUT2D eigenvalue weighted by Gasteiger charge is 2.17. The Morgan fingerprint density at radius 1 is 1.32 bits per heavy atom. The van der Waals surface area contributed by atoms with Gasteiger partial charge in [-0.15, -0.1) is 0 Å². The summed E-state index contributed by atoms with van der Waals surface area (Å²) >= 11 is 7.95. The first-order valence-electron chi connectivity index (χ1n) is 7.01. The third kappa shape index (κ3) is 4.27. The highest BCUT2D eigenvalue weighted by atomic mass is 35.5. The summed E-state index contributed by atoms with van der Waals surface area (Å²) in [6, 6.07) is 9.71. The summed E-state index contributed by atoms with van der Waals surface area (Å²) in [6.07, 6.45) is 3.67. The second kappa shape index (κ2) is 7.20. The number of aromatic nitrogens is 2. The third-order valence-corrected chi connectivity index (χ3v) is 5.03. The summed E-state index contributed by atoms with van der Waals surface area (Å²) in [7, 11) is 0. The van der Waals surface area contributed by atoms with Gasteiger partial charge in [0.15, 0.2) is 0 Å². The summed E-state index contributed by atoms with van der Waals surface area (Å²) in [5.41, 5.74) is 1.31. The number of anilines is 1. The molecule has 0 spiro atoms. The number of rotatable bonds is 6. The molecule has 0 aliphatic rings. The number of thioether (sulfide) groups is 1. The fourth-order valence-electron chi connectivity index (χ4n) is 1.84. The molecule has 1 aromatic carbocycles. The van der Waals surface area contributed by atoms with Crippen molar-refractivity contribution in [2.75, 3.05) is 18.1 Å². The van der Waals surface area contributed by atoms with Gasteiger partial charge in [-0.3, -0.25) is 4.79 Å². The van der Waals surface area contributed by atoms with Crippen LogP contribution in [0.2, 0.25) is 5.02 Å². The van der Waals surface area contributed by atoms with Crippen molar-refractivity contribution in [1.29, 1.82) is 0 Å². The lowest BCUT2D eigenvalue weighted by atomic mass is 10.2. The van der Waals surface area contributed by atoms with E-state index in [1.165, 1.54) is 4.68 Å². The first-order valence-corrected chi connectivity index (χ1v) is 8.62. The largest absolute Gasteiger partial charge is 0.381 e. The van der Waals surface area contributed by atoms with Crippen LogP contribution in [0.1, 0.15) is 19.4 Å². The Labute approximate surface area is 139 Å². The molecule has 0 bridgehead atoms. The van der Waals surface area contributed by atoms with E-state index in [2.05, 4.69) is 30.5 Å². The maximum Gasteiger partial charge on any atom is 0.287 e. The molecule has 6 heteroatoms. The van der Waals surface area contributed by atoms with E-state index in [0.29, 0.717) is 18.8 Å². The summed E-state index contributed by atoms with van der Waals surface area (Å²) < 4.78 is 1.44. The normalized spacial score (nSPS) is 11.5. The van der Waals surface area contributed by atoms with Crippen molar-refractivity contribution in [3.8, 4) is 0 Å². The van der Waals surface area contributed by atoms with Crippen LogP contribution in [0.3, 0.4) is 0 Å². The van der Waals surface area contributed by atoms with Gasteiger partial charge in [0.1, 0.15) is 5.02 Å².